The van der Waals surface area contributed by atoms with E-state index in [1.165, 1.54) is 23.0 Å². The fraction of sp³-hybridized carbons (Fsp3) is 0.0333. The van der Waals surface area contributed by atoms with Crippen LogP contribution in [0.2, 0.25) is 10.0 Å². The highest BCUT2D eigenvalue weighted by Crippen LogP contribution is 2.33. The first-order chi connectivity index (χ1) is 19.4. The molecule has 0 aliphatic heterocycles. The van der Waals surface area contributed by atoms with Crippen LogP contribution >= 0.6 is 39.1 Å². The van der Waals surface area contributed by atoms with E-state index in [-0.39, 0.29) is 23.8 Å². The average molecular weight is 637 g/mol. The number of fused-ring (bicyclic) bond motifs is 2. The molecule has 6 nitrogen and oxygen atoms in total. The fourth-order valence-electron chi connectivity index (χ4n) is 4.20. The Balaban J connectivity index is 1.46. The quantitative estimate of drug-likeness (QED) is 0.172. The van der Waals surface area contributed by atoms with E-state index in [4.69, 9.17) is 37.3 Å². The number of nitrogens with zero attached hydrogens (tertiary/aromatic N) is 3. The summed E-state index contributed by atoms with van der Waals surface area (Å²) >= 11 is 16.0. The highest BCUT2D eigenvalue weighted by Gasteiger charge is 2.17. The van der Waals surface area contributed by atoms with Gasteiger partial charge in [0.1, 0.15) is 23.8 Å². The molecule has 198 valence electrons. The van der Waals surface area contributed by atoms with Crippen molar-refractivity contribution in [2.24, 2.45) is 5.10 Å². The summed E-state index contributed by atoms with van der Waals surface area (Å²) in [6.45, 7) is 0.172. The second kappa shape index (κ2) is 10.9. The summed E-state index contributed by atoms with van der Waals surface area (Å²) in [7, 11) is 0. The van der Waals surface area contributed by atoms with Crippen LogP contribution in [0.25, 0.3) is 33.5 Å². The number of hydrogen-bond donors (Lipinski definition) is 0. The third kappa shape index (κ3) is 5.25. The van der Waals surface area contributed by atoms with Crippen molar-refractivity contribution >= 4 is 67.2 Å². The minimum Gasteiger partial charge on any atom is -0.487 e. The number of aromatic nitrogens is 2. The summed E-state index contributed by atoms with van der Waals surface area (Å²) in [6.07, 6.45) is 1.47. The van der Waals surface area contributed by atoms with Gasteiger partial charge < -0.3 is 9.15 Å². The molecule has 6 aromatic rings. The molecule has 0 bridgehead atoms. The fourth-order valence-corrected chi connectivity index (χ4v) is 5.33. The number of furan rings is 1. The molecule has 4 aromatic carbocycles. The highest BCUT2D eigenvalue weighted by molar-refractivity contribution is 9.10. The molecule has 6 rings (SSSR count). The number of hydrogen-bond acceptors (Lipinski definition) is 5. The van der Waals surface area contributed by atoms with Gasteiger partial charge in [0.2, 0.25) is 5.82 Å². The maximum absolute atomic E-state index is 13.6. The predicted molar refractivity (Wildman–Crippen MR) is 159 cm³/mol. The van der Waals surface area contributed by atoms with Gasteiger partial charge in [-0.2, -0.15) is 9.78 Å². The van der Waals surface area contributed by atoms with Gasteiger partial charge in [0.25, 0.3) is 5.56 Å². The van der Waals surface area contributed by atoms with E-state index in [1.807, 2.05) is 0 Å². The third-order valence-corrected chi connectivity index (χ3v) is 7.14. The highest BCUT2D eigenvalue weighted by atomic mass is 79.9. The van der Waals surface area contributed by atoms with Gasteiger partial charge in [-0.3, -0.25) is 4.79 Å². The smallest absolute Gasteiger partial charge is 0.282 e. The molecule has 0 saturated carbocycles. The summed E-state index contributed by atoms with van der Waals surface area (Å²) in [4.78, 5) is 18.3. The molecule has 10 heteroatoms. The van der Waals surface area contributed by atoms with Crippen LogP contribution in [0.15, 0.2) is 104 Å². The molecule has 2 aromatic heterocycles. The lowest BCUT2D eigenvalue weighted by Crippen LogP contribution is -2.20. The van der Waals surface area contributed by atoms with Crippen molar-refractivity contribution in [2.75, 3.05) is 0 Å². The Hall–Kier alpha value is -3.98. The van der Waals surface area contributed by atoms with Gasteiger partial charge in [-0.1, -0.05) is 47.5 Å². The van der Waals surface area contributed by atoms with E-state index in [0.717, 1.165) is 10.9 Å². The lowest BCUT2D eigenvalue weighted by atomic mass is 10.2. The molecule has 0 N–H and O–H groups in total. The molecule has 0 aliphatic rings. The largest absolute Gasteiger partial charge is 0.487 e. The van der Waals surface area contributed by atoms with Crippen molar-refractivity contribution in [3.05, 3.63) is 127 Å². The maximum atomic E-state index is 13.6. The lowest BCUT2D eigenvalue weighted by Gasteiger charge is -2.12. The van der Waals surface area contributed by atoms with E-state index in [9.17, 15) is 9.18 Å². The number of halogens is 4. The van der Waals surface area contributed by atoms with E-state index in [1.54, 1.807) is 72.8 Å². The molecule has 0 amide bonds. The van der Waals surface area contributed by atoms with Crippen LogP contribution < -0.4 is 10.3 Å². The minimum absolute atomic E-state index is 0.172. The van der Waals surface area contributed by atoms with Crippen molar-refractivity contribution in [3.63, 3.8) is 0 Å². The van der Waals surface area contributed by atoms with Gasteiger partial charge in [-0.15, -0.1) is 0 Å². The number of ether oxygens (including phenoxy) is 1. The maximum Gasteiger partial charge on any atom is 0.282 e. The SMILES string of the molecule is O=c1c2ccccc2nc(-c2cc3cc(Cl)ccc3o2)n1N=Cc1cc(Cl)cc(Br)c1OCc1ccc(F)cc1. The number of benzene rings is 4. The number of rotatable bonds is 6. The average Bonchev–Trinajstić information content (AvgIpc) is 3.36. The molecular formula is C30H17BrCl2FN3O3. The van der Waals surface area contributed by atoms with Gasteiger partial charge in [0, 0.05) is 21.0 Å². The van der Waals surface area contributed by atoms with Gasteiger partial charge >= 0.3 is 0 Å². The summed E-state index contributed by atoms with van der Waals surface area (Å²) in [5.41, 5.74) is 1.98. The van der Waals surface area contributed by atoms with Crippen molar-refractivity contribution in [3.8, 4) is 17.3 Å². The van der Waals surface area contributed by atoms with Crippen LogP contribution in [0, 0.1) is 5.82 Å². The van der Waals surface area contributed by atoms with Gasteiger partial charge in [-0.05, 0) is 82.2 Å². The zero-order valence-electron chi connectivity index (χ0n) is 20.4. The molecule has 0 spiro atoms. The normalized spacial score (nSPS) is 11.6. The molecule has 0 aliphatic carbocycles. The standard InChI is InChI=1S/C30H17BrCl2FN3O3/c31-24-14-21(33)12-19(28(24)39-16-17-5-8-22(34)9-6-17)15-35-37-29(36-25-4-2-1-3-23(25)30(37)38)27-13-18-11-20(32)7-10-26(18)40-27/h1-15H,16H2. The Morgan fingerprint density at radius 2 is 1.80 bits per heavy atom. The first-order valence-corrected chi connectivity index (χ1v) is 13.5. The van der Waals surface area contributed by atoms with Crippen molar-refractivity contribution in [1.82, 2.24) is 9.66 Å². The summed E-state index contributed by atoms with van der Waals surface area (Å²) in [5, 5.41) is 6.66. The first kappa shape index (κ1) is 26.3. The van der Waals surface area contributed by atoms with Crippen molar-refractivity contribution < 1.29 is 13.5 Å². The third-order valence-electron chi connectivity index (χ3n) is 6.10. The van der Waals surface area contributed by atoms with Crippen LogP contribution in [-0.4, -0.2) is 15.9 Å². The minimum atomic E-state index is -0.384. The molecule has 0 saturated heterocycles. The van der Waals surface area contributed by atoms with Crippen molar-refractivity contribution in [1.29, 1.82) is 0 Å². The summed E-state index contributed by atoms with van der Waals surface area (Å²) < 4.78 is 27.2. The van der Waals surface area contributed by atoms with E-state index < -0.39 is 0 Å². The Labute approximate surface area is 245 Å². The van der Waals surface area contributed by atoms with Gasteiger partial charge in [0.15, 0.2) is 5.76 Å². The lowest BCUT2D eigenvalue weighted by molar-refractivity contribution is 0.303. The van der Waals surface area contributed by atoms with Crippen LogP contribution in [0.3, 0.4) is 0 Å². The molecule has 0 unspecified atom stereocenters. The molecule has 0 fully saturated rings. The van der Waals surface area contributed by atoms with E-state index in [2.05, 4.69) is 21.0 Å². The van der Waals surface area contributed by atoms with E-state index >= 15 is 0 Å². The van der Waals surface area contributed by atoms with E-state index in [0.29, 0.717) is 48.1 Å². The molecule has 0 radical (unpaired) electrons. The molecule has 0 atom stereocenters. The summed E-state index contributed by atoms with van der Waals surface area (Å²) in [5.74, 6) is 0.667. The molecular weight excluding hydrogens is 620 g/mol. The topological polar surface area (TPSA) is 69.6 Å². The molecule has 2 heterocycles. The Bertz CT molecular complexity index is 1990. The van der Waals surface area contributed by atoms with Gasteiger partial charge in [-0.25, -0.2) is 9.37 Å². The van der Waals surface area contributed by atoms with Crippen LogP contribution in [0.5, 0.6) is 5.75 Å². The second-order valence-corrected chi connectivity index (χ2v) is 10.6. The summed E-state index contributed by atoms with van der Waals surface area (Å²) in [6, 6.07) is 23.4. The zero-order valence-corrected chi connectivity index (χ0v) is 23.5. The second-order valence-electron chi connectivity index (χ2n) is 8.83. The van der Waals surface area contributed by atoms with Crippen LogP contribution in [0.1, 0.15) is 11.1 Å². The van der Waals surface area contributed by atoms with Crippen LogP contribution in [0.4, 0.5) is 4.39 Å². The van der Waals surface area contributed by atoms with Crippen LogP contribution in [-0.2, 0) is 6.61 Å². The Morgan fingerprint density at radius 1 is 1.00 bits per heavy atom. The van der Waals surface area contributed by atoms with Gasteiger partial charge in [0.05, 0.1) is 21.6 Å². The monoisotopic (exact) mass is 635 g/mol. The zero-order chi connectivity index (χ0) is 27.8. The Morgan fingerprint density at radius 3 is 2.62 bits per heavy atom. The molecule has 40 heavy (non-hydrogen) atoms. The Kier molecular flexibility index (Phi) is 7.14. The van der Waals surface area contributed by atoms with Crippen molar-refractivity contribution in [2.45, 2.75) is 6.61 Å². The first-order valence-electron chi connectivity index (χ1n) is 12.0. The number of para-hydroxylation sites is 1. The predicted octanol–water partition coefficient (Wildman–Crippen LogP) is 8.48.